The molecule has 5 heteroatoms. The Hall–Kier alpha value is -1.52. The van der Waals surface area contributed by atoms with Crippen LogP contribution in [0.15, 0.2) is 0 Å². The van der Waals surface area contributed by atoms with E-state index in [2.05, 4.69) is 22.2 Å². The molecule has 1 aromatic heterocycles. The van der Waals surface area contributed by atoms with Gasteiger partial charge in [0.25, 0.3) is 0 Å². The van der Waals surface area contributed by atoms with Crippen LogP contribution in [0.1, 0.15) is 53.2 Å². The number of nitrogens with one attached hydrogen (secondary N) is 1. The van der Waals surface area contributed by atoms with Crippen LogP contribution in [-0.2, 0) is 0 Å². The minimum absolute atomic E-state index is 0.271. The van der Waals surface area contributed by atoms with Gasteiger partial charge in [-0.25, -0.2) is 4.98 Å². The molecule has 112 valence electrons. The smallest absolute Gasteiger partial charge is 0.222 e. The number of methoxy groups -OCH3 is 1. The van der Waals surface area contributed by atoms with E-state index in [1.807, 2.05) is 34.6 Å². The Morgan fingerprint density at radius 2 is 1.74 bits per heavy atom. The monoisotopic (exact) mass is 270 g/mol. The first-order valence-electron chi connectivity index (χ1n) is 7.11. The second kappa shape index (κ2) is 12.9. The highest BCUT2D eigenvalue weighted by Crippen LogP contribution is 2.25. The van der Waals surface area contributed by atoms with Crippen LogP contribution in [0.25, 0.3) is 0 Å². The van der Waals surface area contributed by atoms with Gasteiger partial charge in [0, 0.05) is 6.54 Å². The van der Waals surface area contributed by atoms with Crippen LogP contribution in [-0.4, -0.2) is 23.6 Å². The molecule has 0 saturated carbocycles. The Morgan fingerprint density at radius 1 is 1.16 bits per heavy atom. The number of rotatable bonds is 5. The van der Waals surface area contributed by atoms with E-state index in [0.717, 1.165) is 25.1 Å². The van der Waals surface area contributed by atoms with Crippen LogP contribution < -0.4 is 15.8 Å². The van der Waals surface area contributed by atoms with E-state index in [4.69, 9.17) is 10.5 Å². The lowest BCUT2D eigenvalue weighted by molar-refractivity contribution is 0.409. The van der Waals surface area contributed by atoms with Crippen molar-refractivity contribution in [1.29, 1.82) is 0 Å². The molecule has 1 heterocycles. The average molecular weight is 270 g/mol. The molecule has 0 aromatic carbocycles. The minimum atomic E-state index is 0.271. The van der Waals surface area contributed by atoms with Crippen LogP contribution >= 0.6 is 0 Å². The van der Waals surface area contributed by atoms with E-state index in [0.29, 0.717) is 11.6 Å². The summed E-state index contributed by atoms with van der Waals surface area (Å²) in [5.74, 6) is 1.61. The predicted octanol–water partition coefficient (Wildman–Crippen LogP) is 3.64. The van der Waals surface area contributed by atoms with Crippen molar-refractivity contribution in [2.75, 3.05) is 24.7 Å². The zero-order chi connectivity index (χ0) is 15.3. The maximum Gasteiger partial charge on any atom is 0.222 e. The fourth-order valence-electron chi connectivity index (χ4n) is 1.33. The Balaban J connectivity index is 0. The standard InChI is InChI=1S/C10H18N4O.2C2H6/c1-4-5-6-12-9-8(15-3)7(2)13-10(11)14-9;2*1-2/h4-6H2,1-3H3,(H3,11,12,13,14);2*1-2H3. The molecule has 0 unspecified atom stereocenters. The molecule has 0 radical (unpaired) electrons. The van der Waals surface area contributed by atoms with Gasteiger partial charge in [-0.3, -0.25) is 0 Å². The van der Waals surface area contributed by atoms with E-state index in [1.165, 1.54) is 0 Å². The summed E-state index contributed by atoms with van der Waals surface area (Å²) >= 11 is 0. The molecule has 0 aliphatic carbocycles. The number of hydrogen-bond donors (Lipinski definition) is 2. The average Bonchev–Trinajstić information content (AvgIpc) is 2.43. The van der Waals surface area contributed by atoms with Crippen molar-refractivity contribution in [2.24, 2.45) is 0 Å². The summed E-state index contributed by atoms with van der Waals surface area (Å²) in [4.78, 5) is 8.14. The summed E-state index contributed by atoms with van der Waals surface area (Å²) in [6.45, 7) is 12.9. The SMILES string of the molecule is CC.CC.CCCCNc1nc(N)nc(C)c1OC. The number of ether oxygens (including phenoxy) is 1. The van der Waals surface area contributed by atoms with E-state index in [-0.39, 0.29) is 5.95 Å². The Kier molecular flexibility index (Phi) is 13.5. The largest absolute Gasteiger partial charge is 0.491 e. The molecule has 0 aliphatic heterocycles. The fraction of sp³-hybridized carbons (Fsp3) is 0.714. The Morgan fingerprint density at radius 3 is 2.21 bits per heavy atom. The number of nitrogens with zero attached hydrogens (tertiary/aromatic N) is 2. The van der Waals surface area contributed by atoms with Crippen molar-refractivity contribution in [3.63, 3.8) is 0 Å². The van der Waals surface area contributed by atoms with E-state index < -0.39 is 0 Å². The zero-order valence-corrected chi connectivity index (χ0v) is 13.5. The summed E-state index contributed by atoms with van der Waals surface area (Å²) in [7, 11) is 1.60. The quantitative estimate of drug-likeness (QED) is 0.799. The van der Waals surface area contributed by atoms with Crippen molar-refractivity contribution in [3.8, 4) is 5.75 Å². The first-order chi connectivity index (χ1) is 9.19. The normalized spacial score (nSPS) is 8.58. The third-order valence-electron chi connectivity index (χ3n) is 2.08. The van der Waals surface area contributed by atoms with Gasteiger partial charge in [-0.15, -0.1) is 0 Å². The van der Waals surface area contributed by atoms with Crippen LogP contribution in [0.2, 0.25) is 0 Å². The molecular formula is C14H30N4O. The third-order valence-corrected chi connectivity index (χ3v) is 2.08. The highest BCUT2D eigenvalue weighted by atomic mass is 16.5. The third kappa shape index (κ3) is 7.49. The Labute approximate surface area is 118 Å². The van der Waals surface area contributed by atoms with Crippen LogP contribution in [0.5, 0.6) is 5.75 Å². The number of anilines is 2. The minimum Gasteiger partial charge on any atom is -0.491 e. The van der Waals surface area contributed by atoms with Gasteiger partial charge in [0.05, 0.1) is 12.8 Å². The van der Waals surface area contributed by atoms with E-state index in [1.54, 1.807) is 7.11 Å². The molecule has 0 atom stereocenters. The van der Waals surface area contributed by atoms with Gasteiger partial charge in [0.2, 0.25) is 5.95 Å². The van der Waals surface area contributed by atoms with Gasteiger partial charge in [-0.2, -0.15) is 4.98 Å². The van der Waals surface area contributed by atoms with E-state index >= 15 is 0 Å². The lowest BCUT2D eigenvalue weighted by Gasteiger charge is -2.11. The molecule has 1 aromatic rings. The van der Waals surface area contributed by atoms with Crippen LogP contribution in [0.3, 0.4) is 0 Å². The number of aromatic nitrogens is 2. The Bertz CT molecular complexity index is 329. The molecular weight excluding hydrogens is 240 g/mol. The van der Waals surface area contributed by atoms with Gasteiger partial charge in [-0.05, 0) is 13.3 Å². The molecule has 3 N–H and O–H groups in total. The fourth-order valence-corrected chi connectivity index (χ4v) is 1.33. The molecule has 0 amide bonds. The number of aryl methyl sites for hydroxylation is 1. The van der Waals surface area contributed by atoms with Crippen molar-refractivity contribution in [3.05, 3.63) is 5.69 Å². The van der Waals surface area contributed by atoms with Crippen LogP contribution in [0, 0.1) is 6.92 Å². The summed E-state index contributed by atoms with van der Waals surface area (Å²) in [5, 5.41) is 3.19. The van der Waals surface area contributed by atoms with Crippen molar-refractivity contribution < 1.29 is 4.74 Å². The summed E-state index contributed by atoms with van der Waals surface area (Å²) in [5.41, 5.74) is 6.32. The van der Waals surface area contributed by atoms with Gasteiger partial charge in [-0.1, -0.05) is 41.0 Å². The van der Waals surface area contributed by atoms with E-state index in [9.17, 15) is 0 Å². The maximum atomic E-state index is 5.57. The summed E-state index contributed by atoms with van der Waals surface area (Å²) in [6, 6.07) is 0. The first-order valence-corrected chi connectivity index (χ1v) is 7.11. The van der Waals surface area contributed by atoms with Crippen LogP contribution in [0.4, 0.5) is 11.8 Å². The summed E-state index contributed by atoms with van der Waals surface area (Å²) < 4.78 is 5.22. The number of nitrogen functional groups attached to an aromatic ring is 1. The molecule has 19 heavy (non-hydrogen) atoms. The molecule has 5 nitrogen and oxygen atoms in total. The zero-order valence-electron chi connectivity index (χ0n) is 13.5. The second-order valence-corrected chi connectivity index (χ2v) is 3.33. The molecule has 0 saturated heterocycles. The number of unbranched alkanes of at least 4 members (excludes halogenated alkanes) is 1. The lowest BCUT2D eigenvalue weighted by atomic mass is 10.3. The number of hydrogen-bond acceptors (Lipinski definition) is 5. The molecule has 0 aliphatic rings. The van der Waals surface area contributed by atoms with Crippen molar-refractivity contribution in [2.45, 2.75) is 54.4 Å². The highest BCUT2D eigenvalue weighted by Gasteiger charge is 2.09. The molecule has 0 bridgehead atoms. The second-order valence-electron chi connectivity index (χ2n) is 3.33. The highest BCUT2D eigenvalue weighted by molar-refractivity contribution is 5.54. The van der Waals surface area contributed by atoms with Gasteiger partial charge in [0.1, 0.15) is 0 Å². The topological polar surface area (TPSA) is 73.1 Å². The molecule has 0 spiro atoms. The van der Waals surface area contributed by atoms with Gasteiger partial charge in [0.15, 0.2) is 11.6 Å². The van der Waals surface area contributed by atoms with Crippen molar-refractivity contribution in [1.82, 2.24) is 9.97 Å². The molecule has 1 rings (SSSR count). The number of nitrogens with two attached hydrogens (primary N) is 1. The molecule has 0 fully saturated rings. The predicted molar refractivity (Wildman–Crippen MR) is 83.8 cm³/mol. The van der Waals surface area contributed by atoms with Crippen molar-refractivity contribution >= 4 is 11.8 Å². The first kappa shape index (κ1) is 19.8. The van der Waals surface area contributed by atoms with Gasteiger partial charge >= 0.3 is 0 Å². The van der Waals surface area contributed by atoms with Gasteiger partial charge < -0.3 is 15.8 Å². The lowest BCUT2D eigenvalue weighted by Crippen LogP contribution is -2.09. The summed E-state index contributed by atoms with van der Waals surface area (Å²) in [6.07, 6.45) is 2.22. The maximum absolute atomic E-state index is 5.57.